The minimum atomic E-state index is -0.500. The van der Waals surface area contributed by atoms with Crippen molar-refractivity contribution >= 4 is 14.7 Å². The van der Waals surface area contributed by atoms with Gasteiger partial charge in [0.15, 0.2) is 0 Å². The van der Waals surface area contributed by atoms with Gasteiger partial charge < -0.3 is 21.9 Å². The van der Waals surface area contributed by atoms with Crippen molar-refractivity contribution in [3.05, 3.63) is 0 Å². The molecule has 0 aromatic carbocycles. The van der Waals surface area contributed by atoms with Crippen LogP contribution in [0.5, 0.6) is 0 Å². The predicted molar refractivity (Wildman–Crippen MR) is 27.3 cm³/mol. The summed E-state index contributed by atoms with van der Waals surface area (Å²) >= 11 is 0. The number of hydrogen-bond acceptors (Lipinski definition) is 4. The van der Waals surface area contributed by atoms with Gasteiger partial charge in [0.05, 0.1) is 0 Å². The summed E-state index contributed by atoms with van der Waals surface area (Å²) in [7, 11) is -1.00. The van der Waals surface area contributed by atoms with Crippen LogP contribution in [0.15, 0.2) is 0 Å². The molecule has 0 saturated heterocycles. The monoisotopic (exact) mass is 204 g/mol. The van der Waals surface area contributed by atoms with Crippen LogP contribution in [0.2, 0.25) is 0 Å². The fourth-order valence-electron chi connectivity index (χ4n) is 0. The molecule has 0 aromatic heterocycles. The molecule has 0 bridgehead atoms. The molecule has 8 N–H and O–H groups in total. The molecular weight excluding hydrogens is 196 g/mol. The van der Waals surface area contributed by atoms with E-state index in [1.54, 1.807) is 0 Å². The minimum Gasteiger partial charge on any atom is 1.00 e. The minimum absolute atomic E-state index is 0. The van der Waals surface area contributed by atoms with Gasteiger partial charge in [-0.15, -0.1) is 0 Å². The molecule has 0 spiro atoms. The number of rotatable bonds is 0. The molecule has 0 saturated carbocycles. The zero-order chi connectivity index (χ0) is 5.41. The normalized spacial score (nSPS) is 1.33. The van der Waals surface area contributed by atoms with E-state index < -0.39 is 14.7 Å². The molecular formula is H8B2Na2O8. The van der Waals surface area contributed by atoms with E-state index in [4.69, 9.17) is 19.5 Å². The van der Waals surface area contributed by atoms with E-state index in [-0.39, 0.29) is 81.0 Å². The van der Waals surface area contributed by atoms with Gasteiger partial charge in [0, 0.05) is 0 Å². The zero-order valence-electron chi connectivity index (χ0n) is 6.79. The Balaban J connectivity index is -0.00000000296. The summed E-state index contributed by atoms with van der Waals surface area (Å²) in [6, 6.07) is 0. The average Bonchev–Trinajstić information content (AvgIpc) is 1.39. The van der Waals surface area contributed by atoms with Gasteiger partial charge in [-0.05, 0) is 0 Å². The molecule has 64 valence electrons. The fourth-order valence-corrected chi connectivity index (χ4v) is 0. The van der Waals surface area contributed by atoms with Gasteiger partial charge in [0.2, 0.25) is 0 Å². The van der Waals surface area contributed by atoms with Gasteiger partial charge in [0.1, 0.15) is 0 Å². The molecule has 12 heteroatoms. The molecule has 0 heterocycles. The maximum Gasteiger partial charge on any atom is 1.00 e. The van der Waals surface area contributed by atoms with Crippen molar-refractivity contribution in [3.63, 3.8) is 0 Å². The maximum absolute atomic E-state index is 8.25. The first-order valence-corrected chi connectivity index (χ1v) is 0.943. The quantitative estimate of drug-likeness (QED) is 0.351. The predicted octanol–water partition coefficient (Wildman–Crippen LogP) is -12.7. The zero-order valence-corrected chi connectivity index (χ0v) is 10.8. The molecule has 12 heavy (non-hydrogen) atoms. The third-order valence-electron chi connectivity index (χ3n) is 0. The van der Waals surface area contributed by atoms with E-state index in [1.165, 1.54) is 0 Å². The van der Waals surface area contributed by atoms with Crippen molar-refractivity contribution in [2.24, 2.45) is 0 Å². The molecule has 0 amide bonds. The van der Waals surface area contributed by atoms with Crippen LogP contribution in [-0.2, 0) is 9.41 Å². The van der Waals surface area contributed by atoms with Crippen LogP contribution >= 0.6 is 0 Å². The van der Waals surface area contributed by atoms with E-state index in [1.807, 2.05) is 0 Å². The Morgan fingerprint density at radius 3 is 0.667 bits per heavy atom. The first-order chi connectivity index (χ1) is 2.83. The van der Waals surface area contributed by atoms with Gasteiger partial charge in [-0.25, -0.2) is 0 Å². The summed E-state index contributed by atoms with van der Waals surface area (Å²) in [6.07, 6.45) is 0. The molecule has 0 atom stereocenters. The summed E-state index contributed by atoms with van der Waals surface area (Å²) < 4.78 is 16.5. The van der Waals surface area contributed by atoms with E-state index in [2.05, 4.69) is 0 Å². The standard InChI is InChI=1S/2BO2.2Na.4H2O/c2*2-1-3;;;;;;/h;;;;4*1H2/q2*-1;2*+1;;;;. The van der Waals surface area contributed by atoms with Gasteiger partial charge >= 0.3 is 93.3 Å². The third-order valence-corrected chi connectivity index (χ3v) is 0. The second-order valence-electron chi connectivity index (χ2n) is 0.192. The van der Waals surface area contributed by atoms with Crippen LogP contribution in [-0.4, -0.2) is 36.6 Å². The summed E-state index contributed by atoms with van der Waals surface area (Å²) in [4.78, 5) is 0. The molecule has 0 fully saturated rings. The van der Waals surface area contributed by atoms with Crippen molar-refractivity contribution in [2.45, 2.75) is 0 Å². The van der Waals surface area contributed by atoms with Crippen molar-refractivity contribution in [2.75, 3.05) is 0 Å². The molecule has 0 unspecified atom stereocenters. The Hall–Kier alpha value is 1.17. The van der Waals surface area contributed by atoms with Gasteiger partial charge in [-0.2, -0.15) is 0 Å². The molecule has 0 aliphatic rings. The van der Waals surface area contributed by atoms with E-state index in [0.29, 0.717) is 0 Å². The van der Waals surface area contributed by atoms with Gasteiger partial charge in [-0.1, -0.05) is 0 Å². The summed E-state index contributed by atoms with van der Waals surface area (Å²) in [5.41, 5.74) is 0. The van der Waals surface area contributed by atoms with Gasteiger partial charge in [0.25, 0.3) is 0 Å². The Bertz CT molecular complexity index is 36.0. The van der Waals surface area contributed by atoms with Crippen LogP contribution < -0.4 is 69.2 Å². The maximum atomic E-state index is 8.25. The second-order valence-corrected chi connectivity index (χ2v) is 0.192. The van der Waals surface area contributed by atoms with E-state index in [9.17, 15) is 0 Å². The molecule has 8 nitrogen and oxygen atoms in total. The van der Waals surface area contributed by atoms with Crippen LogP contribution in [0.1, 0.15) is 0 Å². The van der Waals surface area contributed by atoms with Crippen molar-refractivity contribution in [3.8, 4) is 0 Å². The Morgan fingerprint density at radius 2 is 0.667 bits per heavy atom. The molecule has 0 aliphatic heterocycles. The molecule has 0 aromatic rings. The smallest absolute Gasteiger partial charge is 1.00 e. The SMILES string of the molecule is O.O.O.O.O=B[O-].O=B[O-].[Na+].[Na+]. The van der Waals surface area contributed by atoms with E-state index >= 15 is 0 Å². The Labute approximate surface area is 114 Å². The molecule has 0 aliphatic carbocycles. The third kappa shape index (κ3) is 844. The van der Waals surface area contributed by atoms with Gasteiger partial charge in [-0.3, -0.25) is 0 Å². The molecule has 0 radical (unpaired) electrons. The topological polar surface area (TPSA) is 206 Å². The van der Waals surface area contributed by atoms with Crippen molar-refractivity contribution < 1.29 is 100 Å². The van der Waals surface area contributed by atoms with Crippen LogP contribution in [0.25, 0.3) is 0 Å². The Morgan fingerprint density at radius 1 is 0.667 bits per heavy atom. The van der Waals surface area contributed by atoms with Crippen molar-refractivity contribution in [1.82, 2.24) is 0 Å². The first-order valence-electron chi connectivity index (χ1n) is 0.943. The average molecular weight is 204 g/mol. The fraction of sp³-hybridized carbons (Fsp3) is 0. The number of hydrogen-bond donors (Lipinski definition) is 0. The van der Waals surface area contributed by atoms with Crippen LogP contribution in [0.3, 0.4) is 0 Å². The second kappa shape index (κ2) is 151. The summed E-state index contributed by atoms with van der Waals surface area (Å²) in [6.45, 7) is 0. The summed E-state index contributed by atoms with van der Waals surface area (Å²) in [5, 5.41) is 16.5. The Kier molecular flexibility index (Phi) is 919. The first kappa shape index (κ1) is 73.0. The largest absolute Gasteiger partial charge is 1.00 e. The summed E-state index contributed by atoms with van der Waals surface area (Å²) in [5.74, 6) is 0. The van der Waals surface area contributed by atoms with Crippen LogP contribution in [0, 0.1) is 0 Å². The molecule has 0 rings (SSSR count). The van der Waals surface area contributed by atoms with Crippen LogP contribution in [0.4, 0.5) is 0 Å². The van der Waals surface area contributed by atoms with Crippen molar-refractivity contribution in [1.29, 1.82) is 0 Å². The van der Waals surface area contributed by atoms with E-state index in [0.717, 1.165) is 0 Å².